The molecule has 0 saturated carbocycles. The summed E-state index contributed by atoms with van der Waals surface area (Å²) in [7, 11) is 1.74. The molecule has 106 valence electrons. The number of amides is 1. The summed E-state index contributed by atoms with van der Waals surface area (Å²) in [5.74, 6) is 0.324. The van der Waals surface area contributed by atoms with E-state index in [0.717, 1.165) is 6.42 Å². The SMILES string of the molecule is CC(C)C(N)CCN(C)C(=O)Cn1ccccc1=O. The molecular formula is C14H23N3O2. The Labute approximate surface area is 114 Å². The summed E-state index contributed by atoms with van der Waals surface area (Å²) >= 11 is 0. The zero-order valence-electron chi connectivity index (χ0n) is 11.9. The van der Waals surface area contributed by atoms with Crippen molar-refractivity contribution < 1.29 is 4.79 Å². The molecule has 0 aliphatic rings. The Balaban J connectivity index is 2.50. The molecule has 5 nitrogen and oxygen atoms in total. The number of carbonyl (C=O) groups is 1. The molecule has 0 radical (unpaired) electrons. The summed E-state index contributed by atoms with van der Waals surface area (Å²) in [6, 6.07) is 4.94. The Hall–Kier alpha value is -1.62. The Bertz CT molecular complexity index is 468. The van der Waals surface area contributed by atoms with Crippen molar-refractivity contribution in [1.29, 1.82) is 0 Å². The monoisotopic (exact) mass is 265 g/mol. The van der Waals surface area contributed by atoms with Gasteiger partial charge in [0.15, 0.2) is 0 Å². The number of pyridine rings is 1. The van der Waals surface area contributed by atoms with Crippen molar-refractivity contribution in [3.63, 3.8) is 0 Å². The lowest BCUT2D eigenvalue weighted by atomic mass is 10.0. The molecule has 5 heteroatoms. The number of carbonyl (C=O) groups excluding carboxylic acids is 1. The summed E-state index contributed by atoms with van der Waals surface area (Å²) in [5.41, 5.74) is 5.78. The van der Waals surface area contributed by atoms with Crippen LogP contribution in [0.5, 0.6) is 0 Å². The van der Waals surface area contributed by atoms with Crippen LogP contribution in [-0.4, -0.2) is 35.0 Å². The minimum atomic E-state index is -0.164. The van der Waals surface area contributed by atoms with Crippen LogP contribution >= 0.6 is 0 Å². The average Bonchev–Trinajstić information content (AvgIpc) is 2.37. The number of rotatable bonds is 6. The van der Waals surface area contributed by atoms with E-state index < -0.39 is 0 Å². The molecule has 1 aromatic heterocycles. The normalized spacial score (nSPS) is 12.5. The maximum atomic E-state index is 12.0. The molecule has 1 unspecified atom stereocenters. The molecule has 1 heterocycles. The Morgan fingerprint density at radius 1 is 1.42 bits per heavy atom. The third kappa shape index (κ3) is 4.87. The van der Waals surface area contributed by atoms with Gasteiger partial charge in [0.1, 0.15) is 6.54 Å². The molecule has 1 aromatic rings. The van der Waals surface area contributed by atoms with E-state index in [9.17, 15) is 9.59 Å². The first kappa shape index (κ1) is 15.4. The van der Waals surface area contributed by atoms with Crippen molar-refractivity contribution >= 4 is 5.91 Å². The van der Waals surface area contributed by atoms with Crippen molar-refractivity contribution in [2.24, 2.45) is 11.7 Å². The van der Waals surface area contributed by atoms with E-state index in [1.54, 1.807) is 30.3 Å². The summed E-state index contributed by atoms with van der Waals surface area (Å²) in [6.45, 7) is 4.82. The van der Waals surface area contributed by atoms with Crippen LogP contribution in [0.3, 0.4) is 0 Å². The van der Waals surface area contributed by atoms with E-state index in [2.05, 4.69) is 13.8 Å². The second-order valence-corrected chi connectivity index (χ2v) is 5.18. The van der Waals surface area contributed by atoms with Gasteiger partial charge in [-0.25, -0.2) is 0 Å². The van der Waals surface area contributed by atoms with E-state index in [0.29, 0.717) is 12.5 Å². The van der Waals surface area contributed by atoms with E-state index in [4.69, 9.17) is 5.73 Å². The van der Waals surface area contributed by atoms with Gasteiger partial charge in [-0.3, -0.25) is 9.59 Å². The van der Waals surface area contributed by atoms with Crippen molar-refractivity contribution in [2.45, 2.75) is 32.9 Å². The van der Waals surface area contributed by atoms with E-state index in [1.807, 2.05) is 0 Å². The van der Waals surface area contributed by atoms with E-state index in [1.165, 1.54) is 10.6 Å². The lowest BCUT2D eigenvalue weighted by Gasteiger charge is -2.21. The molecule has 0 aliphatic heterocycles. The third-order valence-corrected chi connectivity index (χ3v) is 3.28. The second kappa shape index (κ2) is 7.09. The molecule has 0 fully saturated rings. The van der Waals surface area contributed by atoms with Gasteiger partial charge >= 0.3 is 0 Å². The molecule has 1 atom stereocenters. The predicted molar refractivity (Wildman–Crippen MR) is 75.8 cm³/mol. The Kier molecular flexibility index (Phi) is 5.76. The highest BCUT2D eigenvalue weighted by molar-refractivity contribution is 5.75. The molecule has 0 aliphatic carbocycles. The summed E-state index contributed by atoms with van der Waals surface area (Å²) < 4.78 is 1.40. The van der Waals surface area contributed by atoms with Gasteiger partial charge in [0.25, 0.3) is 5.56 Å². The number of nitrogens with two attached hydrogens (primary N) is 1. The highest BCUT2D eigenvalue weighted by Crippen LogP contribution is 2.03. The molecule has 2 N–H and O–H groups in total. The summed E-state index contributed by atoms with van der Waals surface area (Å²) in [4.78, 5) is 25.1. The molecular weight excluding hydrogens is 242 g/mol. The van der Waals surface area contributed by atoms with Crippen LogP contribution in [0.2, 0.25) is 0 Å². The highest BCUT2D eigenvalue weighted by Gasteiger charge is 2.13. The smallest absolute Gasteiger partial charge is 0.250 e. The molecule has 1 rings (SSSR count). The predicted octanol–water partition coefficient (Wildman–Crippen LogP) is 0.680. The number of aromatic nitrogens is 1. The van der Waals surface area contributed by atoms with Gasteiger partial charge in [-0.1, -0.05) is 19.9 Å². The summed E-state index contributed by atoms with van der Waals surface area (Å²) in [5, 5.41) is 0. The van der Waals surface area contributed by atoms with Crippen molar-refractivity contribution in [3.8, 4) is 0 Å². The van der Waals surface area contributed by atoms with Crippen LogP contribution in [0.25, 0.3) is 0 Å². The zero-order chi connectivity index (χ0) is 14.4. The van der Waals surface area contributed by atoms with Gasteiger partial charge in [-0.05, 0) is 18.4 Å². The first-order valence-electron chi connectivity index (χ1n) is 6.57. The van der Waals surface area contributed by atoms with Crippen LogP contribution in [-0.2, 0) is 11.3 Å². The number of nitrogens with zero attached hydrogens (tertiary/aromatic N) is 2. The van der Waals surface area contributed by atoms with Gasteiger partial charge in [-0.2, -0.15) is 0 Å². The molecule has 0 spiro atoms. The minimum Gasteiger partial charge on any atom is -0.344 e. The standard InChI is InChI=1S/C14H23N3O2/c1-11(2)12(15)7-9-16(3)14(19)10-17-8-5-4-6-13(17)18/h4-6,8,11-12H,7,9-10,15H2,1-3H3. The first-order chi connectivity index (χ1) is 8.91. The minimum absolute atomic E-state index is 0.0765. The second-order valence-electron chi connectivity index (χ2n) is 5.18. The Morgan fingerprint density at radius 2 is 2.11 bits per heavy atom. The van der Waals surface area contributed by atoms with Crippen LogP contribution in [0.1, 0.15) is 20.3 Å². The maximum Gasteiger partial charge on any atom is 0.250 e. The molecule has 0 aromatic carbocycles. The van der Waals surface area contributed by atoms with E-state index >= 15 is 0 Å². The van der Waals surface area contributed by atoms with Crippen molar-refractivity contribution in [2.75, 3.05) is 13.6 Å². The third-order valence-electron chi connectivity index (χ3n) is 3.28. The van der Waals surface area contributed by atoms with Crippen LogP contribution in [0, 0.1) is 5.92 Å². The number of likely N-dealkylation sites (N-methyl/N-ethyl adjacent to an activating group) is 1. The highest BCUT2D eigenvalue weighted by atomic mass is 16.2. The largest absolute Gasteiger partial charge is 0.344 e. The fraction of sp³-hybridized carbons (Fsp3) is 0.571. The molecule has 0 bridgehead atoms. The topological polar surface area (TPSA) is 68.3 Å². The van der Waals surface area contributed by atoms with Gasteiger partial charge in [0.2, 0.25) is 5.91 Å². The van der Waals surface area contributed by atoms with Crippen LogP contribution in [0.4, 0.5) is 0 Å². The summed E-state index contributed by atoms with van der Waals surface area (Å²) in [6.07, 6.45) is 2.39. The van der Waals surface area contributed by atoms with Gasteiger partial charge in [0.05, 0.1) is 0 Å². The number of hydrogen-bond acceptors (Lipinski definition) is 3. The van der Waals surface area contributed by atoms with Gasteiger partial charge in [-0.15, -0.1) is 0 Å². The number of hydrogen-bond donors (Lipinski definition) is 1. The van der Waals surface area contributed by atoms with Crippen LogP contribution < -0.4 is 11.3 Å². The fourth-order valence-corrected chi connectivity index (χ4v) is 1.66. The quantitative estimate of drug-likeness (QED) is 0.822. The van der Waals surface area contributed by atoms with E-state index in [-0.39, 0.29) is 24.1 Å². The van der Waals surface area contributed by atoms with Crippen LogP contribution in [0.15, 0.2) is 29.2 Å². The maximum absolute atomic E-state index is 12.0. The first-order valence-corrected chi connectivity index (χ1v) is 6.57. The van der Waals surface area contributed by atoms with Crippen molar-refractivity contribution in [3.05, 3.63) is 34.7 Å². The Morgan fingerprint density at radius 3 is 2.68 bits per heavy atom. The molecule has 0 saturated heterocycles. The molecule has 19 heavy (non-hydrogen) atoms. The molecule has 1 amide bonds. The average molecular weight is 265 g/mol. The lowest BCUT2D eigenvalue weighted by Crippen LogP contribution is -2.37. The zero-order valence-corrected chi connectivity index (χ0v) is 11.9. The van der Waals surface area contributed by atoms with Gasteiger partial charge in [0, 0.05) is 31.9 Å². The van der Waals surface area contributed by atoms with Crippen molar-refractivity contribution in [1.82, 2.24) is 9.47 Å². The van der Waals surface area contributed by atoms with Gasteiger partial charge < -0.3 is 15.2 Å². The lowest BCUT2D eigenvalue weighted by molar-refractivity contribution is -0.130. The fourth-order valence-electron chi connectivity index (χ4n) is 1.66.